The number of nitrogens with zero attached hydrogens (tertiary/aromatic N) is 4. The Morgan fingerprint density at radius 3 is 2.44 bits per heavy atom. The first kappa shape index (κ1) is 14.4. The molecule has 98 valence electrons. The third-order valence-electron chi connectivity index (χ3n) is 3.13. The second-order valence-corrected chi connectivity index (χ2v) is 5.45. The van der Waals surface area contributed by atoms with E-state index in [1.807, 2.05) is 25.8 Å². The highest BCUT2D eigenvalue weighted by Crippen LogP contribution is 2.23. The van der Waals surface area contributed by atoms with Crippen molar-refractivity contribution in [1.29, 1.82) is 5.26 Å². The molecule has 1 rings (SSSR count). The van der Waals surface area contributed by atoms with E-state index in [0.29, 0.717) is 17.9 Å². The molecule has 5 nitrogen and oxygen atoms in total. The second-order valence-electron chi connectivity index (χ2n) is 5.45. The van der Waals surface area contributed by atoms with Crippen LogP contribution in [-0.4, -0.2) is 30.3 Å². The molecule has 0 saturated carbocycles. The van der Waals surface area contributed by atoms with Crippen LogP contribution >= 0.6 is 0 Å². The average molecular weight is 247 g/mol. The van der Waals surface area contributed by atoms with Crippen LogP contribution in [0.3, 0.4) is 0 Å². The van der Waals surface area contributed by atoms with Crippen molar-refractivity contribution >= 4 is 5.82 Å². The lowest BCUT2D eigenvalue weighted by molar-refractivity contribution is 0.384. The number of rotatable bonds is 4. The Morgan fingerprint density at radius 2 is 1.94 bits per heavy atom. The fourth-order valence-electron chi connectivity index (χ4n) is 1.78. The van der Waals surface area contributed by atoms with Crippen molar-refractivity contribution in [2.45, 2.75) is 27.7 Å². The van der Waals surface area contributed by atoms with Crippen LogP contribution in [0.1, 0.15) is 30.7 Å². The summed E-state index contributed by atoms with van der Waals surface area (Å²) < 4.78 is 0. The van der Waals surface area contributed by atoms with Gasteiger partial charge in [-0.15, -0.1) is 5.10 Å². The van der Waals surface area contributed by atoms with E-state index in [2.05, 4.69) is 30.1 Å². The largest absolute Gasteiger partial charge is 0.356 e. The molecule has 0 saturated heterocycles. The monoisotopic (exact) mass is 247 g/mol. The number of aromatic nitrogens is 2. The molecular formula is C13H21N5. The number of nitrogens with two attached hydrogens (primary N) is 1. The fourth-order valence-corrected chi connectivity index (χ4v) is 1.78. The molecule has 5 heteroatoms. The summed E-state index contributed by atoms with van der Waals surface area (Å²) in [5.74, 6) is 0.627. The normalized spacial score (nSPS) is 11.2. The Bertz CT molecular complexity index is 473. The van der Waals surface area contributed by atoms with Gasteiger partial charge in [-0.05, 0) is 31.4 Å². The van der Waals surface area contributed by atoms with Gasteiger partial charge in [0.1, 0.15) is 11.6 Å². The van der Waals surface area contributed by atoms with Gasteiger partial charge < -0.3 is 10.6 Å². The predicted molar refractivity (Wildman–Crippen MR) is 72.3 cm³/mol. The molecule has 1 heterocycles. The Morgan fingerprint density at radius 1 is 1.33 bits per heavy atom. The first-order valence-corrected chi connectivity index (χ1v) is 5.97. The molecule has 0 aliphatic carbocycles. The van der Waals surface area contributed by atoms with E-state index in [1.54, 1.807) is 0 Å². The van der Waals surface area contributed by atoms with Crippen molar-refractivity contribution in [2.24, 2.45) is 11.1 Å². The van der Waals surface area contributed by atoms with E-state index < -0.39 is 0 Å². The Hall–Kier alpha value is -1.67. The number of aryl methyl sites for hydroxylation is 1. The number of anilines is 1. The van der Waals surface area contributed by atoms with Gasteiger partial charge in [-0.2, -0.15) is 10.4 Å². The molecule has 0 atom stereocenters. The first-order chi connectivity index (χ1) is 8.32. The third kappa shape index (κ3) is 2.96. The second kappa shape index (κ2) is 5.32. The third-order valence-corrected chi connectivity index (χ3v) is 3.13. The summed E-state index contributed by atoms with van der Waals surface area (Å²) in [6, 6.07) is 2.21. The van der Waals surface area contributed by atoms with Crippen LogP contribution in [0, 0.1) is 30.6 Å². The molecule has 0 unspecified atom stereocenters. The minimum atomic E-state index is -0.0258. The van der Waals surface area contributed by atoms with Crippen molar-refractivity contribution in [1.82, 2.24) is 10.2 Å². The molecule has 0 aliphatic rings. The van der Waals surface area contributed by atoms with Gasteiger partial charge in [0, 0.05) is 13.6 Å². The SMILES string of the molecule is Cc1nnc(N(C)CC(C)(C)CN)c(C#N)c1C. The molecule has 0 bridgehead atoms. The highest BCUT2D eigenvalue weighted by atomic mass is 15.3. The van der Waals surface area contributed by atoms with Gasteiger partial charge in [-0.3, -0.25) is 0 Å². The molecule has 18 heavy (non-hydrogen) atoms. The van der Waals surface area contributed by atoms with E-state index in [1.165, 1.54) is 0 Å². The molecular weight excluding hydrogens is 226 g/mol. The summed E-state index contributed by atoms with van der Waals surface area (Å²) in [6.45, 7) is 9.24. The molecule has 1 aromatic heterocycles. The van der Waals surface area contributed by atoms with Crippen molar-refractivity contribution in [3.63, 3.8) is 0 Å². The number of hydrogen-bond acceptors (Lipinski definition) is 5. The fraction of sp³-hybridized carbons (Fsp3) is 0.615. The summed E-state index contributed by atoms with van der Waals surface area (Å²) in [5.41, 5.74) is 7.98. The molecule has 1 aromatic rings. The maximum absolute atomic E-state index is 9.26. The van der Waals surface area contributed by atoms with Crippen LogP contribution < -0.4 is 10.6 Å². The zero-order valence-corrected chi connectivity index (χ0v) is 11.8. The molecule has 2 N–H and O–H groups in total. The van der Waals surface area contributed by atoms with Gasteiger partial charge in [0.05, 0.1) is 5.69 Å². The molecule has 0 spiro atoms. The molecule has 0 aromatic carbocycles. The van der Waals surface area contributed by atoms with E-state index in [4.69, 9.17) is 5.73 Å². The summed E-state index contributed by atoms with van der Waals surface area (Å²) in [7, 11) is 1.91. The summed E-state index contributed by atoms with van der Waals surface area (Å²) >= 11 is 0. The summed E-state index contributed by atoms with van der Waals surface area (Å²) in [4.78, 5) is 1.95. The van der Waals surface area contributed by atoms with Crippen LogP contribution in [-0.2, 0) is 0 Å². The van der Waals surface area contributed by atoms with E-state index in [9.17, 15) is 5.26 Å². The molecule has 0 fully saturated rings. The van der Waals surface area contributed by atoms with Crippen LogP contribution in [0.5, 0.6) is 0 Å². The lowest BCUT2D eigenvalue weighted by atomic mass is 9.93. The van der Waals surface area contributed by atoms with Gasteiger partial charge >= 0.3 is 0 Å². The average Bonchev–Trinajstić information content (AvgIpc) is 2.31. The number of hydrogen-bond donors (Lipinski definition) is 1. The van der Waals surface area contributed by atoms with Crippen molar-refractivity contribution < 1.29 is 0 Å². The molecule has 0 amide bonds. The standard InChI is InChI=1S/C13H21N5/c1-9-10(2)16-17-12(11(9)6-14)18(5)8-13(3,4)7-15/h7-8,15H2,1-5H3. The first-order valence-electron chi connectivity index (χ1n) is 5.97. The van der Waals surface area contributed by atoms with Gasteiger partial charge in [0.15, 0.2) is 5.82 Å². The minimum Gasteiger partial charge on any atom is -0.356 e. The zero-order valence-electron chi connectivity index (χ0n) is 11.8. The van der Waals surface area contributed by atoms with E-state index >= 15 is 0 Å². The topological polar surface area (TPSA) is 78.8 Å². The van der Waals surface area contributed by atoms with Gasteiger partial charge in [-0.25, -0.2) is 0 Å². The Balaban J connectivity index is 3.11. The highest BCUT2D eigenvalue weighted by molar-refractivity contribution is 5.57. The van der Waals surface area contributed by atoms with Gasteiger partial charge in [-0.1, -0.05) is 13.8 Å². The summed E-state index contributed by atoms with van der Waals surface area (Å²) in [5, 5.41) is 17.5. The highest BCUT2D eigenvalue weighted by Gasteiger charge is 2.22. The van der Waals surface area contributed by atoms with Gasteiger partial charge in [0.2, 0.25) is 0 Å². The van der Waals surface area contributed by atoms with Crippen LogP contribution in [0.4, 0.5) is 5.82 Å². The Labute approximate surface area is 109 Å². The smallest absolute Gasteiger partial charge is 0.169 e. The van der Waals surface area contributed by atoms with Gasteiger partial charge in [0.25, 0.3) is 0 Å². The quantitative estimate of drug-likeness (QED) is 0.869. The Kier molecular flexibility index (Phi) is 4.25. The molecule has 0 radical (unpaired) electrons. The molecule has 0 aliphatic heterocycles. The lowest BCUT2D eigenvalue weighted by Gasteiger charge is -2.30. The van der Waals surface area contributed by atoms with Crippen molar-refractivity contribution in [2.75, 3.05) is 25.0 Å². The van der Waals surface area contributed by atoms with E-state index in [0.717, 1.165) is 17.8 Å². The van der Waals surface area contributed by atoms with Crippen molar-refractivity contribution in [3.05, 3.63) is 16.8 Å². The van der Waals surface area contributed by atoms with Crippen LogP contribution in [0.25, 0.3) is 0 Å². The maximum Gasteiger partial charge on any atom is 0.169 e. The predicted octanol–water partition coefficient (Wildman–Crippen LogP) is 1.39. The summed E-state index contributed by atoms with van der Waals surface area (Å²) in [6.07, 6.45) is 0. The minimum absolute atomic E-state index is 0.0258. The lowest BCUT2D eigenvalue weighted by Crippen LogP contribution is -2.37. The van der Waals surface area contributed by atoms with Crippen LogP contribution in [0.15, 0.2) is 0 Å². The van der Waals surface area contributed by atoms with E-state index in [-0.39, 0.29) is 5.41 Å². The number of nitriles is 1. The zero-order chi connectivity index (χ0) is 13.9. The van der Waals surface area contributed by atoms with Crippen molar-refractivity contribution in [3.8, 4) is 6.07 Å². The van der Waals surface area contributed by atoms with Crippen LogP contribution in [0.2, 0.25) is 0 Å². The maximum atomic E-state index is 9.26.